The Morgan fingerprint density at radius 1 is 0.629 bits per heavy atom. The monoisotopic (exact) mass is 502 g/mol. The fraction of sp³-hybridized carbons (Fsp3) is 1.00. The Labute approximate surface area is 218 Å². The van der Waals surface area contributed by atoms with Crippen LogP contribution in [0.15, 0.2) is 0 Å². The second-order valence-electron chi connectivity index (χ2n) is 13.7. The van der Waals surface area contributed by atoms with Crippen molar-refractivity contribution in [2.45, 2.75) is 113 Å². The van der Waals surface area contributed by atoms with Crippen LogP contribution < -0.4 is 0 Å². The zero-order chi connectivity index (χ0) is 27.3. The minimum absolute atomic E-state index is 0.0432. The first-order valence-electron chi connectivity index (χ1n) is 14.1. The SMILES string of the molecule is CCC(C)(C)CC(C)(C)CC(O)CN(CCCN(CCO)CCO)CC(O)CC(C)(C)CC(C)C. The Balaban J connectivity index is 5.18. The number of aliphatic hydroxyl groups excluding tert-OH is 4. The summed E-state index contributed by atoms with van der Waals surface area (Å²) in [5.74, 6) is 0.591. The van der Waals surface area contributed by atoms with Crippen LogP contribution in [0.2, 0.25) is 0 Å². The van der Waals surface area contributed by atoms with Gasteiger partial charge in [-0.3, -0.25) is 9.80 Å². The number of rotatable bonds is 21. The van der Waals surface area contributed by atoms with E-state index in [1.165, 1.54) is 0 Å². The lowest BCUT2D eigenvalue weighted by atomic mass is 9.71. The second kappa shape index (κ2) is 16.6. The summed E-state index contributed by atoms with van der Waals surface area (Å²) in [5, 5.41) is 40.6. The molecule has 0 saturated carbocycles. The van der Waals surface area contributed by atoms with E-state index >= 15 is 0 Å². The fourth-order valence-electron chi connectivity index (χ4n) is 6.08. The molecule has 0 rings (SSSR count). The van der Waals surface area contributed by atoms with Gasteiger partial charge in [0, 0.05) is 26.2 Å². The van der Waals surface area contributed by atoms with Crippen LogP contribution in [0.3, 0.4) is 0 Å². The summed E-state index contributed by atoms with van der Waals surface area (Å²) in [5.41, 5.74) is 0.371. The maximum atomic E-state index is 11.1. The van der Waals surface area contributed by atoms with E-state index in [0.29, 0.717) is 32.1 Å². The van der Waals surface area contributed by atoms with Crippen LogP contribution in [-0.2, 0) is 0 Å². The molecular weight excluding hydrogens is 440 g/mol. The Bertz CT molecular complexity index is 531. The second-order valence-corrected chi connectivity index (χ2v) is 13.7. The van der Waals surface area contributed by atoms with Crippen LogP contribution in [-0.4, -0.2) is 94.9 Å². The molecule has 0 bridgehead atoms. The zero-order valence-electron chi connectivity index (χ0n) is 24.8. The molecule has 0 aliphatic rings. The summed E-state index contributed by atoms with van der Waals surface area (Å²) in [6, 6.07) is 0. The average Bonchev–Trinajstić information content (AvgIpc) is 2.65. The molecule has 6 nitrogen and oxygen atoms in total. The van der Waals surface area contributed by atoms with E-state index in [-0.39, 0.29) is 29.5 Å². The molecule has 0 aliphatic carbocycles. The Hall–Kier alpha value is -0.240. The van der Waals surface area contributed by atoms with Gasteiger partial charge < -0.3 is 20.4 Å². The predicted molar refractivity (Wildman–Crippen MR) is 149 cm³/mol. The average molecular weight is 503 g/mol. The number of aliphatic hydroxyl groups is 4. The molecule has 35 heavy (non-hydrogen) atoms. The van der Waals surface area contributed by atoms with E-state index in [1.54, 1.807) is 0 Å². The van der Waals surface area contributed by atoms with Crippen molar-refractivity contribution in [3.05, 3.63) is 0 Å². The van der Waals surface area contributed by atoms with Gasteiger partial charge in [0.15, 0.2) is 0 Å². The van der Waals surface area contributed by atoms with Crippen LogP contribution in [0.4, 0.5) is 0 Å². The van der Waals surface area contributed by atoms with E-state index in [2.05, 4.69) is 72.1 Å². The van der Waals surface area contributed by atoms with Gasteiger partial charge in [-0.15, -0.1) is 0 Å². The van der Waals surface area contributed by atoms with Crippen LogP contribution in [0, 0.1) is 22.2 Å². The van der Waals surface area contributed by atoms with E-state index in [1.807, 2.05) is 0 Å². The molecule has 2 atom stereocenters. The van der Waals surface area contributed by atoms with Crippen molar-refractivity contribution in [1.82, 2.24) is 9.80 Å². The molecular formula is C29H62N2O4. The van der Waals surface area contributed by atoms with E-state index in [4.69, 9.17) is 0 Å². The summed E-state index contributed by atoms with van der Waals surface area (Å²) in [4.78, 5) is 4.28. The third-order valence-corrected chi connectivity index (χ3v) is 7.17. The summed E-state index contributed by atoms with van der Waals surface area (Å²) in [6.45, 7) is 24.2. The maximum Gasteiger partial charge on any atom is 0.0672 e. The molecule has 4 N–H and O–H groups in total. The molecule has 0 spiro atoms. The van der Waals surface area contributed by atoms with Gasteiger partial charge in [0.05, 0.1) is 25.4 Å². The molecule has 0 aliphatic heterocycles. The molecule has 0 heterocycles. The van der Waals surface area contributed by atoms with Crippen molar-refractivity contribution < 1.29 is 20.4 Å². The van der Waals surface area contributed by atoms with Gasteiger partial charge in [-0.25, -0.2) is 0 Å². The van der Waals surface area contributed by atoms with Gasteiger partial charge in [0.1, 0.15) is 0 Å². The van der Waals surface area contributed by atoms with Crippen LogP contribution in [0.25, 0.3) is 0 Å². The van der Waals surface area contributed by atoms with E-state index in [9.17, 15) is 20.4 Å². The van der Waals surface area contributed by atoms with Gasteiger partial charge in [0.25, 0.3) is 0 Å². The van der Waals surface area contributed by atoms with E-state index < -0.39 is 12.2 Å². The number of hydrogen-bond donors (Lipinski definition) is 4. The third-order valence-electron chi connectivity index (χ3n) is 7.17. The quantitative estimate of drug-likeness (QED) is 0.186. The lowest BCUT2D eigenvalue weighted by molar-refractivity contribution is 0.0239. The first-order valence-corrected chi connectivity index (χ1v) is 14.1. The van der Waals surface area contributed by atoms with Crippen molar-refractivity contribution in [3.8, 4) is 0 Å². The summed E-state index contributed by atoms with van der Waals surface area (Å²) >= 11 is 0. The minimum Gasteiger partial charge on any atom is -0.395 e. The molecule has 0 radical (unpaired) electrons. The highest BCUT2D eigenvalue weighted by molar-refractivity contribution is 4.83. The van der Waals surface area contributed by atoms with Crippen LogP contribution in [0.5, 0.6) is 0 Å². The molecule has 6 heteroatoms. The molecule has 0 aromatic heterocycles. The van der Waals surface area contributed by atoms with E-state index in [0.717, 1.165) is 51.6 Å². The first-order chi connectivity index (χ1) is 16.0. The lowest BCUT2D eigenvalue weighted by Crippen LogP contribution is -2.42. The smallest absolute Gasteiger partial charge is 0.0672 e. The van der Waals surface area contributed by atoms with Crippen LogP contribution in [0.1, 0.15) is 101 Å². The summed E-state index contributed by atoms with van der Waals surface area (Å²) < 4.78 is 0. The van der Waals surface area contributed by atoms with Crippen molar-refractivity contribution in [3.63, 3.8) is 0 Å². The molecule has 212 valence electrons. The molecule has 0 saturated heterocycles. The third kappa shape index (κ3) is 17.8. The largest absolute Gasteiger partial charge is 0.395 e. The van der Waals surface area contributed by atoms with Crippen molar-refractivity contribution in [2.24, 2.45) is 22.2 Å². The highest BCUT2D eigenvalue weighted by Gasteiger charge is 2.31. The highest BCUT2D eigenvalue weighted by Crippen LogP contribution is 2.39. The Morgan fingerprint density at radius 3 is 1.51 bits per heavy atom. The number of nitrogens with zero attached hydrogens (tertiary/aromatic N) is 2. The van der Waals surface area contributed by atoms with Gasteiger partial charge in [-0.1, -0.05) is 68.7 Å². The van der Waals surface area contributed by atoms with Crippen molar-refractivity contribution in [1.29, 1.82) is 0 Å². The highest BCUT2D eigenvalue weighted by atomic mass is 16.3. The molecule has 0 aromatic carbocycles. The molecule has 0 fully saturated rings. The zero-order valence-corrected chi connectivity index (χ0v) is 24.8. The van der Waals surface area contributed by atoms with Gasteiger partial charge in [-0.2, -0.15) is 0 Å². The molecule has 0 aromatic rings. The standard InChI is InChI=1S/C29H62N2O4/c1-10-27(4,5)23-29(8,9)20-26(35)22-31(13-11-12-30(14-16-32)15-17-33)21-25(34)19-28(6,7)18-24(2)3/h24-26,32-35H,10-23H2,1-9H3. The maximum absolute atomic E-state index is 11.1. The summed E-state index contributed by atoms with van der Waals surface area (Å²) in [7, 11) is 0. The molecule has 2 unspecified atom stereocenters. The summed E-state index contributed by atoms with van der Waals surface area (Å²) in [6.07, 6.45) is 4.73. The fourth-order valence-corrected chi connectivity index (χ4v) is 6.08. The Kier molecular flexibility index (Phi) is 16.5. The first kappa shape index (κ1) is 34.8. The normalized spacial score (nSPS) is 15.4. The van der Waals surface area contributed by atoms with Crippen molar-refractivity contribution in [2.75, 3.05) is 52.5 Å². The number of hydrogen-bond acceptors (Lipinski definition) is 6. The topological polar surface area (TPSA) is 87.4 Å². The lowest BCUT2D eigenvalue weighted by Gasteiger charge is -2.37. The molecule has 0 amide bonds. The predicted octanol–water partition coefficient (Wildman–Crippen LogP) is 4.39. The van der Waals surface area contributed by atoms with Gasteiger partial charge in [-0.05, 0) is 67.4 Å². The minimum atomic E-state index is -0.445. The van der Waals surface area contributed by atoms with Crippen molar-refractivity contribution >= 4 is 0 Å². The van der Waals surface area contributed by atoms with Crippen LogP contribution >= 0.6 is 0 Å². The Morgan fingerprint density at radius 2 is 1.09 bits per heavy atom. The van der Waals surface area contributed by atoms with Gasteiger partial charge >= 0.3 is 0 Å². The van der Waals surface area contributed by atoms with Gasteiger partial charge in [0.2, 0.25) is 0 Å².